The van der Waals surface area contributed by atoms with Crippen molar-refractivity contribution >= 4 is 5.84 Å². The van der Waals surface area contributed by atoms with E-state index in [1.807, 2.05) is 0 Å². The Morgan fingerprint density at radius 2 is 1.76 bits per heavy atom. The summed E-state index contributed by atoms with van der Waals surface area (Å²) >= 11 is 0. The van der Waals surface area contributed by atoms with Crippen LogP contribution in [0.5, 0.6) is 0 Å². The lowest BCUT2D eigenvalue weighted by Crippen LogP contribution is -2.30. The third kappa shape index (κ3) is 8.92. The number of allylic oxidation sites excluding steroid dienone is 2. The normalized spacial score (nSPS) is 15.1. The first-order chi connectivity index (χ1) is 10.4. The van der Waals surface area contributed by atoms with Gasteiger partial charge in [0.05, 0.1) is 19.0 Å². The van der Waals surface area contributed by atoms with Crippen LogP contribution in [0.25, 0.3) is 0 Å². The maximum atomic E-state index is 8.99. The van der Waals surface area contributed by atoms with Crippen molar-refractivity contribution in [3.8, 4) is 0 Å². The van der Waals surface area contributed by atoms with E-state index in [4.69, 9.17) is 5.11 Å². The maximum absolute atomic E-state index is 8.99. The second kappa shape index (κ2) is 12.9. The highest BCUT2D eigenvalue weighted by molar-refractivity contribution is 5.83. The van der Waals surface area contributed by atoms with E-state index in [2.05, 4.69) is 29.0 Å². The highest BCUT2D eigenvalue weighted by Crippen LogP contribution is 2.10. The van der Waals surface area contributed by atoms with Crippen LogP contribution in [-0.2, 0) is 0 Å². The highest BCUT2D eigenvalue weighted by Gasteiger charge is 2.14. The van der Waals surface area contributed by atoms with Gasteiger partial charge in [-0.1, -0.05) is 57.6 Å². The predicted octanol–water partition coefficient (Wildman–Crippen LogP) is 4.17. The Morgan fingerprint density at radius 1 is 1.05 bits per heavy atom. The van der Waals surface area contributed by atoms with Crippen LogP contribution in [0.3, 0.4) is 0 Å². The molecule has 0 aromatic carbocycles. The van der Waals surface area contributed by atoms with E-state index in [9.17, 15) is 0 Å². The SMILES string of the molecule is CCCCCCCCC/C=C/CCC1=NCCN1CCO. The van der Waals surface area contributed by atoms with Gasteiger partial charge in [-0.2, -0.15) is 0 Å². The zero-order chi connectivity index (χ0) is 15.2. The van der Waals surface area contributed by atoms with Gasteiger partial charge in [-0.3, -0.25) is 4.99 Å². The molecule has 3 nitrogen and oxygen atoms in total. The van der Waals surface area contributed by atoms with E-state index in [0.29, 0.717) is 0 Å². The third-order valence-electron chi connectivity index (χ3n) is 4.07. The molecule has 0 amide bonds. The van der Waals surface area contributed by atoms with E-state index in [-0.39, 0.29) is 6.61 Å². The number of nitrogens with zero attached hydrogens (tertiary/aromatic N) is 2. The summed E-state index contributed by atoms with van der Waals surface area (Å²) < 4.78 is 0. The Morgan fingerprint density at radius 3 is 2.52 bits per heavy atom. The van der Waals surface area contributed by atoms with Gasteiger partial charge in [0.1, 0.15) is 0 Å². The van der Waals surface area contributed by atoms with Crippen molar-refractivity contribution in [1.82, 2.24) is 4.90 Å². The number of amidine groups is 1. The zero-order valence-corrected chi connectivity index (χ0v) is 13.9. The molecule has 0 aliphatic carbocycles. The number of hydrogen-bond donors (Lipinski definition) is 1. The van der Waals surface area contributed by atoms with Crippen molar-refractivity contribution in [1.29, 1.82) is 0 Å². The van der Waals surface area contributed by atoms with Crippen LogP contribution in [0.2, 0.25) is 0 Å². The Bertz CT molecular complexity index is 300. The molecular formula is C18H34N2O. The summed E-state index contributed by atoms with van der Waals surface area (Å²) in [6, 6.07) is 0. The summed E-state index contributed by atoms with van der Waals surface area (Å²) in [6.07, 6.45) is 17.6. The third-order valence-corrected chi connectivity index (χ3v) is 4.07. The Balaban J connectivity index is 1.93. The van der Waals surface area contributed by atoms with E-state index < -0.39 is 0 Å². The molecule has 0 radical (unpaired) electrons. The molecule has 122 valence electrons. The van der Waals surface area contributed by atoms with Crippen LogP contribution in [0.4, 0.5) is 0 Å². The zero-order valence-electron chi connectivity index (χ0n) is 13.9. The maximum Gasteiger partial charge on any atom is 0.0994 e. The summed E-state index contributed by atoms with van der Waals surface area (Å²) in [4.78, 5) is 6.73. The van der Waals surface area contributed by atoms with Crippen LogP contribution in [0.15, 0.2) is 17.1 Å². The predicted molar refractivity (Wildman–Crippen MR) is 91.9 cm³/mol. The molecular weight excluding hydrogens is 260 g/mol. The molecule has 21 heavy (non-hydrogen) atoms. The molecule has 1 heterocycles. The van der Waals surface area contributed by atoms with Crippen LogP contribution in [-0.4, -0.2) is 42.1 Å². The van der Waals surface area contributed by atoms with Gasteiger partial charge in [0, 0.05) is 19.5 Å². The van der Waals surface area contributed by atoms with Crippen molar-refractivity contribution in [2.24, 2.45) is 4.99 Å². The Labute approximate surface area is 131 Å². The van der Waals surface area contributed by atoms with Crippen LogP contribution >= 0.6 is 0 Å². The first-order valence-corrected chi connectivity index (χ1v) is 8.92. The number of rotatable bonds is 13. The van der Waals surface area contributed by atoms with Gasteiger partial charge in [0.2, 0.25) is 0 Å². The summed E-state index contributed by atoms with van der Waals surface area (Å²) in [6.45, 7) is 5.12. The van der Waals surface area contributed by atoms with Crippen molar-refractivity contribution < 1.29 is 5.11 Å². The lowest BCUT2D eigenvalue weighted by Gasteiger charge is -2.18. The molecule has 0 aromatic rings. The minimum atomic E-state index is 0.229. The van der Waals surface area contributed by atoms with Gasteiger partial charge in [-0.15, -0.1) is 0 Å². The first kappa shape index (κ1) is 18.2. The average molecular weight is 294 g/mol. The van der Waals surface area contributed by atoms with Crippen molar-refractivity contribution in [3.63, 3.8) is 0 Å². The minimum absolute atomic E-state index is 0.229. The molecule has 0 aromatic heterocycles. The fraction of sp³-hybridized carbons (Fsp3) is 0.833. The van der Waals surface area contributed by atoms with Crippen molar-refractivity contribution in [2.75, 3.05) is 26.2 Å². The van der Waals surface area contributed by atoms with Gasteiger partial charge in [0.25, 0.3) is 0 Å². The molecule has 0 spiro atoms. The fourth-order valence-electron chi connectivity index (χ4n) is 2.79. The smallest absolute Gasteiger partial charge is 0.0994 e. The monoisotopic (exact) mass is 294 g/mol. The van der Waals surface area contributed by atoms with Crippen LogP contribution < -0.4 is 0 Å². The molecule has 3 heteroatoms. The van der Waals surface area contributed by atoms with E-state index in [1.54, 1.807) is 0 Å². The van der Waals surface area contributed by atoms with Crippen molar-refractivity contribution in [2.45, 2.75) is 71.1 Å². The molecule has 0 fully saturated rings. The number of aliphatic imine (C=N–C) groups is 1. The molecule has 0 atom stereocenters. The lowest BCUT2D eigenvalue weighted by molar-refractivity contribution is 0.255. The standard InChI is InChI=1S/C18H34N2O/c1-2-3-4-5-6-7-8-9-10-11-12-13-18-19-14-15-20(18)16-17-21/h10-11,21H,2-9,12-17H2,1H3/b11-10+. The topological polar surface area (TPSA) is 35.8 Å². The fourth-order valence-corrected chi connectivity index (χ4v) is 2.79. The van der Waals surface area contributed by atoms with E-state index in [0.717, 1.165) is 32.5 Å². The second-order valence-electron chi connectivity index (χ2n) is 5.93. The first-order valence-electron chi connectivity index (χ1n) is 8.92. The number of hydrogen-bond acceptors (Lipinski definition) is 3. The van der Waals surface area contributed by atoms with Gasteiger partial charge in [-0.25, -0.2) is 0 Å². The highest BCUT2D eigenvalue weighted by atomic mass is 16.3. The van der Waals surface area contributed by atoms with Gasteiger partial charge in [-0.05, 0) is 19.3 Å². The average Bonchev–Trinajstić information content (AvgIpc) is 2.92. The van der Waals surface area contributed by atoms with Crippen LogP contribution in [0, 0.1) is 0 Å². The number of unbranched alkanes of at least 4 members (excludes halogenated alkanes) is 7. The molecule has 0 unspecified atom stereocenters. The van der Waals surface area contributed by atoms with E-state index >= 15 is 0 Å². The largest absolute Gasteiger partial charge is 0.395 e. The molecule has 0 saturated heterocycles. The summed E-state index contributed by atoms with van der Waals surface area (Å²) in [5.74, 6) is 1.18. The molecule has 0 bridgehead atoms. The molecule has 0 saturated carbocycles. The lowest BCUT2D eigenvalue weighted by atomic mass is 10.1. The summed E-state index contributed by atoms with van der Waals surface area (Å²) in [7, 11) is 0. The molecule has 1 rings (SSSR count). The minimum Gasteiger partial charge on any atom is -0.395 e. The number of β-amino-alcohol motifs (C(OH)–C–C–N with tert-alkyl or cyclic N) is 1. The van der Waals surface area contributed by atoms with Gasteiger partial charge >= 0.3 is 0 Å². The molecule has 1 N–H and O–H groups in total. The summed E-state index contributed by atoms with van der Waals surface area (Å²) in [5, 5.41) is 8.99. The summed E-state index contributed by atoms with van der Waals surface area (Å²) in [5.41, 5.74) is 0. The van der Waals surface area contributed by atoms with Crippen molar-refractivity contribution in [3.05, 3.63) is 12.2 Å². The Kier molecular flexibility index (Phi) is 11.2. The molecule has 1 aliphatic rings. The van der Waals surface area contributed by atoms with E-state index in [1.165, 1.54) is 57.2 Å². The molecule has 1 aliphatic heterocycles. The number of aliphatic hydroxyl groups excluding tert-OH is 1. The Hall–Kier alpha value is -0.830. The quantitative estimate of drug-likeness (QED) is 0.409. The van der Waals surface area contributed by atoms with Gasteiger partial charge in [0.15, 0.2) is 0 Å². The number of aliphatic hydroxyl groups is 1. The van der Waals surface area contributed by atoms with Gasteiger partial charge < -0.3 is 10.0 Å². The second-order valence-corrected chi connectivity index (χ2v) is 5.93. The van der Waals surface area contributed by atoms with Crippen LogP contribution in [0.1, 0.15) is 71.1 Å².